The molecule has 0 aromatic heterocycles. The highest BCUT2D eigenvalue weighted by atomic mass is 35.5. The van der Waals surface area contributed by atoms with E-state index in [2.05, 4.69) is 5.32 Å². The standard InChI is InChI=1S/C16H23N3O3.ClH/c1-18-13-3-2-9-19(11-13)15(20)8-10-22-14-6-4-12(5-7-14)16(17)21;/h4-7,13,18H,2-3,8-11H2,1H3,(H2,17,21);1H. The first-order valence-electron chi connectivity index (χ1n) is 7.58. The molecule has 3 N–H and O–H groups in total. The molecule has 1 unspecified atom stereocenters. The lowest BCUT2D eigenvalue weighted by molar-refractivity contribution is -0.133. The summed E-state index contributed by atoms with van der Waals surface area (Å²) in [6.45, 7) is 1.92. The molecule has 0 saturated carbocycles. The summed E-state index contributed by atoms with van der Waals surface area (Å²) >= 11 is 0. The van der Waals surface area contributed by atoms with Gasteiger partial charge in [0.1, 0.15) is 5.75 Å². The molecule has 128 valence electrons. The lowest BCUT2D eigenvalue weighted by Crippen LogP contribution is -2.47. The van der Waals surface area contributed by atoms with Gasteiger partial charge in [-0.3, -0.25) is 9.59 Å². The number of halogens is 1. The van der Waals surface area contributed by atoms with E-state index in [0.29, 0.717) is 30.4 Å². The predicted molar refractivity (Wildman–Crippen MR) is 91.0 cm³/mol. The molecule has 0 spiro atoms. The Balaban J connectivity index is 0.00000264. The largest absolute Gasteiger partial charge is 0.493 e. The summed E-state index contributed by atoms with van der Waals surface area (Å²) in [6, 6.07) is 6.98. The highest BCUT2D eigenvalue weighted by molar-refractivity contribution is 5.92. The van der Waals surface area contributed by atoms with E-state index in [-0.39, 0.29) is 18.3 Å². The molecule has 0 radical (unpaired) electrons. The number of nitrogens with one attached hydrogen (secondary N) is 1. The van der Waals surface area contributed by atoms with Gasteiger partial charge in [-0.15, -0.1) is 12.4 Å². The quantitative estimate of drug-likeness (QED) is 0.814. The summed E-state index contributed by atoms with van der Waals surface area (Å²) < 4.78 is 5.54. The third-order valence-corrected chi connectivity index (χ3v) is 3.91. The molecule has 1 saturated heterocycles. The second kappa shape index (κ2) is 9.37. The SMILES string of the molecule is CNC1CCCN(C(=O)CCOc2ccc(C(N)=O)cc2)C1.Cl. The Labute approximate surface area is 142 Å². The Kier molecular flexibility index (Phi) is 7.85. The monoisotopic (exact) mass is 341 g/mol. The smallest absolute Gasteiger partial charge is 0.248 e. The van der Waals surface area contributed by atoms with E-state index >= 15 is 0 Å². The van der Waals surface area contributed by atoms with Crippen LogP contribution in [-0.4, -0.2) is 49.5 Å². The molecule has 1 heterocycles. The Morgan fingerprint density at radius 2 is 2.04 bits per heavy atom. The van der Waals surface area contributed by atoms with Crippen molar-refractivity contribution < 1.29 is 14.3 Å². The highest BCUT2D eigenvalue weighted by Gasteiger charge is 2.22. The Hall–Kier alpha value is -1.79. The Morgan fingerprint density at radius 3 is 2.65 bits per heavy atom. The minimum Gasteiger partial charge on any atom is -0.493 e. The van der Waals surface area contributed by atoms with Gasteiger partial charge < -0.3 is 20.7 Å². The van der Waals surface area contributed by atoms with E-state index in [4.69, 9.17) is 10.5 Å². The molecule has 1 aromatic rings. The lowest BCUT2D eigenvalue weighted by atomic mass is 10.1. The first-order chi connectivity index (χ1) is 10.6. The van der Waals surface area contributed by atoms with Gasteiger partial charge in [-0.25, -0.2) is 0 Å². The molecule has 7 heteroatoms. The van der Waals surface area contributed by atoms with E-state index in [1.165, 1.54) is 0 Å². The molecule has 1 fully saturated rings. The molecular weight excluding hydrogens is 318 g/mol. The summed E-state index contributed by atoms with van der Waals surface area (Å²) in [4.78, 5) is 25.0. The van der Waals surface area contributed by atoms with Gasteiger partial charge in [-0.1, -0.05) is 0 Å². The number of likely N-dealkylation sites (N-methyl/N-ethyl adjacent to an activating group) is 1. The summed E-state index contributed by atoms with van der Waals surface area (Å²) in [7, 11) is 1.93. The number of piperidine rings is 1. The number of likely N-dealkylation sites (tertiary alicyclic amines) is 1. The zero-order valence-electron chi connectivity index (χ0n) is 13.3. The van der Waals surface area contributed by atoms with Crippen molar-refractivity contribution in [1.29, 1.82) is 0 Å². The van der Waals surface area contributed by atoms with Gasteiger partial charge in [0.2, 0.25) is 11.8 Å². The summed E-state index contributed by atoms with van der Waals surface area (Å²) in [5.74, 6) is 0.282. The fourth-order valence-corrected chi connectivity index (χ4v) is 2.57. The number of ether oxygens (including phenoxy) is 1. The van der Waals surface area contributed by atoms with Crippen LogP contribution in [0, 0.1) is 0 Å². The first kappa shape index (κ1) is 19.3. The summed E-state index contributed by atoms with van der Waals surface area (Å²) in [5, 5.41) is 3.22. The van der Waals surface area contributed by atoms with Crippen molar-refractivity contribution in [2.75, 3.05) is 26.7 Å². The average Bonchev–Trinajstić information content (AvgIpc) is 2.55. The van der Waals surface area contributed by atoms with Gasteiger partial charge in [0.05, 0.1) is 13.0 Å². The van der Waals surface area contributed by atoms with Crippen LogP contribution >= 0.6 is 12.4 Å². The fraction of sp³-hybridized carbons (Fsp3) is 0.500. The van der Waals surface area contributed by atoms with Crippen LogP contribution in [0.15, 0.2) is 24.3 Å². The number of hydrogen-bond acceptors (Lipinski definition) is 4. The van der Waals surface area contributed by atoms with Crippen LogP contribution in [0.5, 0.6) is 5.75 Å². The van der Waals surface area contributed by atoms with Crippen molar-refractivity contribution in [2.45, 2.75) is 25.3 Å². The molecular formula is C16H24ClN3O3. The predicted octanol–water partition coefficient (Wildman–Crippen LogP) is 1.19. The van der Waals surface area contributed by atoms with Crippen molar-refractivity contribution in [3.8, 4) is 5.75 Å². The maximum atomic E-state index is 12.2. The van der Waals surface area contributed by atoms with Crippen molar-refractivity contribution in [2.24, 2.45) is 5.73 Å². The molecule has 1 aromatic carbocycles. The topological polar surface area (TPSA) is 84.7 Å². The molecule has 0 bridgehead atoms. The van der Waals surface area contributed by atoms with E-state index in [9.17, 15) is 9.59 Å². The highest BCUT2D eigenvalue weighted by Crippen LogP contribution is 2.14. The molecule has 2 amide bonds. The van der Waals surface area contributed by atoms with Gasteiger partial charge in [0.25, 0.3) is 0 Å². The maximum absolute atomic E-state index is 12.2. The number of carbonyl (C=O) groups is 2. The van der Waals surface area contributed by atoms with Gasteiger partial charge in [-0.2, -0.15) is 0 Å². The van der Waals surface area contributed by atoms with Gasteiger partial charge in [-0.05, 0) is 44.2 Å². The zero-order valence-corrected chi connectivity index (χ0v) is 14.1. The van der Waals surface area contributed by atoms with Crippen LogP contribution in [-0.2, 0) is 4.79 Å². The minimum atomic E-state index is -0.467. The number of primary amides is 1. The third kappa shape index (κ3) is 5.73. The van der Waals surface area contributed by atoms with Crippen molar-refractivity contribution in [1.82, 2.24) is 10.2 Å². The lowest BCUT2D eigenvalue weighted by Gasteiger charge is -2.32. The number of benzene rings is 1. The molecule has 23 heavy (non-hydrogen) atoms. The molecule has 2 rings (SSSR count). The van der Waals surface area contributed by atoms with Crippen LogP contribution in [0.25, 0.3) is 0 Å². The minimum absolute atomic E-state index is 0. The third-order valence-electron chi connectivity index (χ3n) is 3.91. The van der Waals surface area contributed by atoms with Crippen molar-refractivity contribution >= 4 is 24.2 Å². The molecule has 6 nitrogen and oxygen atoms in total. The summed E-state index contributed by atoms with van der Waals surface area (Å²) in [6.07, 6.45) is 2.50. The number of hydrogen-bond donors (Lipinski definition) is 2. The summed E-state index contributed by atoms with van der Waals surface area (Å²) in [5.41, 5.74) is 5.61. The van der Waals surface area contributed by atoms with Crippen LogP contribution in [0.4, 0.5) is 0 Å². The van der Waals surface area contributed by atoms with E-state index < -0.39 is 5.91 Å². The number of nitrogens with two attached hydrogens (primary N) is 1. The molecule has 1 atom stereocenters. The maximum Gasteiger partial charge on any atom is 0.248 e. The second-order valence-corrected chi connectivity index (χ2v) is 5.45. The van der Waals surface area contributed by atoms with E-state index in [0.717, 1.165) is 25.9 Å². The normalized spacial score (nSPS) is 17.3. The van der Waals surface area contributed by atoms with Gasteiger partial charge in [0, 0.05) is 24.7 Å². The number of carbonyl (C=O) groups excluding carboxylic acids is 2. The van der Waals surface area contributed by atoms with Crippen LogP contribution in [0.2, 0.25) is 0 Å². The first-order valence-corrected chi connectivity index (χ1v) is 7.58. The molecule has 1 aliphatic heterocycles. The Bertz CT molecular complexity index is 522. The van der Waals surface area contributed by atoms with Crippen LogP contribution in [0.3, 0.4) is 0 Å². The van der Waals surface area contributed by atoms with Crippen LogP contribution < -0.4 is 15.8 Å². The second-order valence-electron chi connectivity index (χ2n) is 5.45. The fourth-order valence-electron chi connectivity index (χ4n) is 2.57. The van der Waals surface area contributed by atoms with E-state index in [1.807, 2.05) is 11.9 Å². The Morgan fingerprint density at radius 1 is 1.35 bits per heavy atom. The van der Waals surface area contributed by atoms with Crippen LogP contribution in [0.1, 0.15) is 29.6 Å². The van der Waals surface area contributed by atoms with E-state index in [1.54, 1.807) is 24.3 Å². The number of amides is 2. The van der Waals surface area contributed by atoms with Crippen molar-refractivity contribution in [3.05, 3.63) is 29.8 Å². The average molecular weight is 342 g/mol. The van der Waals surface area contributed by atoms with Gasteiger partial charge >= 0.3 is 0 Å². The number of nitrogens with zero attached hydrogens (tertiary/aromatic N) is 1. The molecule has 0 aliphatic carbocycles. The number of rotatable bonds is 6. The zero-order chi connectivity index (χ0) is 15.9. The molecule has 1 aliphatic rings. The van der Waals surface area contributed by atoms with Crippen molar-refractivity contribution in [3.63, 3.8) is 0 Å². The van der Waals surface area contributed by atoms with Gasteiger partial charge in [0.15, 0.2) is 0 Å².